The Morgan fingerprint density at radius 3 is 2.13 bits per heavy atom. The van der Waals surface area contributed by atoms with Crippen molar-refractivity contribution in [3.05, 3.63) is 131 Å². The van der Waals surface area contributed by atoms with Crippen molar-refractivity contribution < 1.29 is 52.5 Å². The Bertz CT molecular complexity index is 2050. The van der Waals surface area contributed by atoms with E-state index >= 15 is 0 Å². The Hall–Kier alpha value is -5.40. The summed E-state index contributed by atoms with van der Waals surface area (Å²) in [6.07, 6.45) is -5.88. The van der Waals surface area contributed by atoms with E-state index < -0.39 is 47.9 Å². The zero-order chi connectivity index (χ0) is 37.8. The van der Waals surface area contributed by atoms with E-state index in [4.69, 9.17) is 18.9 Å². The van der Waals surface area contributed by atoms with Crippen LogP contribution >= 0.6 is 0 Å². The largest absolute Gasteiger partial charge is 0.595 e. The number of benzene rings is 4. The van der Waals surface area contributed by atoms with Crippen LogP contribution in [0.5, 0.6) is 11.5 Å². The number of rotatable bonds is 11. The van der Waals surface area contributed by atoms with Crippen LogP contribution in [0, 0.1) is 17.0 Å². The van der Waals surface area contributed by atoms with Crippen molar-refractivity contribution in [2.75, 3.05) is 27.4 Å². The van der Waals surface area contributed by atoms with Gasteiger partial charge in [0.25, 0.3) is 0 Å². The first kappa shape index (κ1) is 37.4. The number of aliphatic hydroxyl groups is 1. The molecule has 53 heavy (non-hydrogen) atoms. The Morgan fingerprint density at radius 1 is 0.962 bits per heavy atom. The third kappa shape index (κ3) is 7.86. The summed E-state index contributed by atoms with van der Waals surface area (Å²) in [4.78, 5) is 11.2. The second-order valence-electron chi connectivity index (χ2n) is 12.2. The highest BCUT2D eigenvalue weighted by molar-refractivity contribution is 5.89. The maximum absolute atomic E-state index is 12.6. The maximum atomic E-state index is 12.6. The van der Waals surface area contributed by atoms with Gasteiger partial charge >= 0.3 is 12.1 Å². The third-order valence-electron chi connectivity index (χ3n) is 9.05. The Kier molecular flexibility index (Phi) is 11.1. The molecule has 1 aliphatic heterocycles. The number of ether oxygens (including phenoxy) is 4. The minimum Gasteiger partial charge on any atom is -0.595 e. The fourth-order valence-electron chi connectivity index (χ4n) is 6.41. The molecule has 14 heteroatoms. The van der Waals surface area contributed by atoms with E-state index in [1.165, 1.54) is 12.1 Å². The molecular weight excluding hydrogens is 695 g/mol. The van der Waals surface area contributed by atoms with Gasteiger partial charge in [0.05, 0.1) is 44.6 Å². The van der Waals surface area contributed by atoms with Gasteiger partial charge in [-0.25, -0.2) is 5.21 Å². The summed E-state index contributed by atoms with van der Waals surface area (Å²) in [5.41, 5.74) is 2.02. The third-order valence-corrected chi connectivity index (χ3v) is 9.05. The standard InChI is InChI=1S/C39H36F3N3O8/c1-50-30-15-10-27(11-16-30)38(26-8-4-3-5-9-26,28-12-17-31(51-2)18-13-28)52-24-35-34(46)22-36(53-35)44-23-25(7-6-20-43-37(47)39(40,41)42)32-21-29(45(48)49)14-19-33(32)44/h3-5,8-19,21,23,34-36,45-46,48H,20,22,24H2,1-2H3,(H,43,47). The van der Waals surface area contributed by atoms with E-state index in [2.05, 4.69) is 11.8 Å². The molecule has 0 spiro atoms. The van der Waals surface area contributed by atoms with E-state index in [0.29, 0.717) is 28.0 Å². The van der Waals surface area contributed by atoms with Gasteiger partial charge in [-0.15, -0.1) is 0 Å². The van der Waals surface area contributed by atoms with E-state index in [0.717, 1.165) is 16.7 Å². The number of methoxy groups -OCH3 is 2. The molecule has 4 aromatic carbocycles. The van der Waals surface area contributed by atoms with Gasteiger partial charge < -0.3 is 39.1 Å². The SMILES string of the molecule is COc1ccc(C(OCC2OC(n3cc(C#CCNC(=O)C(F)(F)F)c4cc([NH+]([O-])O)ccc43)CC2O)(c2ccccc2)c2ccc(OC)cc2)cc1. The van der Waals surface area contributed by atoms with Gasteiger partial charge in [0, 0.05) is 30.1 Å². The number of nitrogens with zero attached hydrogens (tertiary/aromatic N) is 1. The Balaban J connectivity index is 1.32. The minimum atomic E-state index is -5.06. The minimum absolute atomic E-state index is 0.0309. The van der Waals surface area contributed by atoms with Crippen molar-refractivity contribution >= 4 is 22.5 Å². The average Bonchev–Trinajstić information content (AvgIpc) is 3.73. The smallest absolute Gasteiger partial charge is 0.471 e. The molecule has 1 saturated heterocycles. The number of carbonyl (C=O) groups excluding carboxylic acids is 1. The average molecular weight is 732 g/mol. The van der Waals surface area contributed by atoms with Gasteiger partial charge in [-0.3, -0.25) is 4.79 Å². The van der Waals surface area contributed by atoms with Crippen LogP contribution in [-0.2, 0) is 19.9 Å². The number of fused-ring (bicyclic) bond motifs is 1. The maximum Gasteiger partial charge on any atom is 0.471 e. The topological polar surface area (TPSA) is 139 Å². The molecule has 0 bridgehead atoms. The first-order chi connectivity index (χ1) is 25.4. The van der Waals surface area contributed by atoms with Gasteiger partial charge in [-0.1, -0.05) is 66.4 Å². The molecule has 0 saturated carbocycles. The molecule has 6 rings (SSSR count). The number of hydrogen-bond donors (Lipinski definition) is 4. The predicted octanol–water partition coefficient (Wildman–Crippen LogP) is 4.75. The van der Waals surface area contributed by atoms with Crippen LogP contribution in [0.15, 0.2) is 103 Å². The van der Waals surface area contributed by atoms with Crippen LogP contribution in [-0.4, -0.2) is 66.5 Å². The van der Waals surface area contributed by atoms with Crippen molar-refractivity contribution in [1.29, 1.82) is 0 Å². The van der Waals surface area contributed by atoms with Crippen molar-refractivity contribution in [2.24, 2.45) is 0 Å². The lowest BCUT2D eigenvalue weighted by Gasteiger charge is -2.37. The normalized spacial score (nSPS) is 17.9. The fourth-order valence-corrected chi connectivity index (χ4v) is 6.41. The lowest BCUT2D eigenvalue weighted by Crippen LogP contribution is -2.99. The first-order valence-corrected chi connectivity index (χ1v) is 16.5. The number of alkyl halides is 3. The molecule has 1 aliphatic rings. The van der Waals surface area contributed by atoms with Crippen LogP contribution < -0.4 is 20.0 Å². The molecule has 4 atom stereocenters. The zero-order valence-corrected chi connectivity index (χ0v) is 28.6. The summed E-state index contributed by atoms with van der Waals surface area (Å²) in [6, 6.07) is 29.1. The van der Waals surface area contributed by atoms with Gasteiger partial charge in [-0.2, -0.15) is 18.4 Å². The zero-order valence-electron chi connectivity index (χ0n) is 28.6. The van der Waals surface area contributed by atoms with Gasteiger partial charge in [0.1, 0.15) is 29.4 Å². The molecule has 1 aromatic heterocycles. The summed E-state index contributed by atoms with van der Waals surface area (Å²) in [7, 11) is 3.17. The van der Waals surface area contributed by atoms with E-state index in [1.54, 1.807) is 36.4 Å². The summed E-state index contributed by atoms with van der Waals surface area (Å²) in [5.74, 6) is 4.43. The molecule has 4 N–H and O–H groups in total. The number of carbonyl (C=O) groups is 1. The van der Waals surface area contributed by atoms with E-state index in [1.807, 2.05) is 78.9 Å². The molecule has 2 heterocycles. The molecule has 11 nitrogen and oxygen atoms in total. The molecule has 0 aliphatic carbocycles. The number of quaternary nitrogens is 1. The second-order valence-corrected chi connectivity index (χ2v) is 12.2. The highest BCUT2D eigenvalue weighted by Gasteiger charge is 2.42. The van der Waals surface area contributed by atoms with Crippen LogP contribution in [0.2, 0.25) is 0 Å². The van der Waals surface area contributed by atoms with Crippen LogP contribution in [0.4, 0.5) is 18.9 Å². The van der Waals surface area contributed by atoms with E-state index in [-0.39, 0.29) is 18.7 Å². The fraction of sp³-hybridized carbons (Fsp3) is 0.256. The monoisotopic (exact) mass is 731 g/mol. The molecule has 5 aromatic rings. The second kappa shape index (κ2) is 15.7. The van der Waals surface area contributed by atoms with Crippen molar-refractivity contribution in [2.45, 2.75) is 36.6 Å². The number of nitrogens with one attached hydrogen (secondary N) is 2. The summed E-state index contributed by atoms with van der Waals surface area (Å²) >= 11 is 0. The highest BCUT2D eigenvalue weighted by Crippen LogP contribution is 2.43. The number of aliphatic hydroxyl groups excluding tert-OH is 1. The number of halogens is 3. The quantitative estimate of drug-likeness (QED) is 0.0869. The summed E-state index contributed by atoms with van der Waals surface area (Å²) < 4.78 is 63.8. The lowest BCUT2D eigenvalue weighted by molar-refractivity contribution is -0.991. The van der Waals surface area contributed by atoms with Gasteiger partial charge in [0.2, 0.25) is 0 Å². The van der Waals surface area contributed by atoms with Crippen LogP contribution in [0.25, 0.3) is 10.9 Å². The molecule has 4 unspecified atom stereocenters. The van der Waals surface area contributed by atoms with Gasteiger partial charge in [-0.05, 0) is 47.0 Å². The van der Waals surface area contributed by atoms with E-state index in [9.17, 15) is 33.5 Å². The highest BCUT2D eigenvalue weighted by atomic mass is 19.4. The Labute approximate surface area is 302 Å². The first-order valence-electron chi connectivity index (χ1n) is 16.5. The molecule has 276 valence electrons. The Morgan fingerprint density at radius 2 is 1.57 bits per heavy atom. The number of hydrogen-bond acceptors (Lipinski definition) is 8. The molecule has 1 fully saturated rings. The molecular formula is C39H36F3N3O8. The summed E-state index contributed by atoms with van der Waals surface area (Å²) in [6.45, 7) is -0.647. The summed E-state index contributed by atoms with van der Waals surface area (Å²) in [5, 5.41) is 33.7. The van der Waals surface area contributed by atoms with Crippen molar-refractivity contribution in [3.8, 4) is 23.3 Å². The predicted molar refractivity (Wildman–Crippen MR) is 186 cm³/mol. The van der Waals surface area contributed by atoms with Crippen LogP contribution in [0.3, 0.4) is 0 Å². The van der Waals surface area contributed by atoms with Gasteiger partial charge in [0.15, 0.2) is 5.69 Å². The lowest BCUT2D eigenvalue weighted by atomic mass is 9.80. The number of aromatic nitrogens is 1. The van der Waals surface area contributed by atoms with Crippen molar-refractivity contribution in [3.63, 3.8) is 0 Å². The van der Waals surface area contributed by atoms with Crippen molar-refractivity contribution in [1.82, 2.24) is 9.88 Å². The molecule has 1 amide bonds. The number of amides is 1. The van der Waals surface area contributed by atoms with Crippen LogP contribution in [0.1, 0.15) is 34.9 Å². The molecule has 0 radical (unpaired) electrons.